The fourth-order valence-electron chi connectivity index (χ4n) is 6.91. The Kier molecular flexibility index (Phi) is 11.2. The Balaban J connectivity index is 1.32. The summed E-state index contributed by atoms with van der Waals surface area (Å²) in [7, 11) is 0. The maximum Gasteiger partial charge on any atom is 0.410 e. The summed E-state index contributed by atoms with van der Waals surface area (Å²) >= 11 is 0. The number of rotatable bonds is 8. The van der Waals surface area contributed by atoms with E-state index in [1.54, 1.807) is 9.80 Å². The Labute approximate surface area is 290 Å². The average Bonchev–Trinajstić information content (AvgIpc) is 3.46. The average molecular weight is 677 g/mol. The summed E-state index contributed by atoms with van der Waals surface area (Å²) in [6, 6.07) is 17.6. The largest absolute Gasteiger partial charge is 0.445 e. The van der Waals surface area contributed by atoms with Gasteiger partial charge in [-0.15, -0.1) is 0 Å². The molecular weight excluding hydrogens is 624 g/mol. The first-order valence-corrected chi connectivity index (χ1v) is 17.4. The standard InChI is InChI=1S/C38H52N4O7/c1-37(2,3)32(39-35(45)48-25-26-13-9-7-10-14-26)34(44)42-18-17-29(21-27-22-41(23-27)36(46)49-38(4,5)6)31(42)33(43)40-19-20-47-30(24-40)28-15-11-8-12-16-28/h7-16,27,29-32H,17-25H2,1-6H3,(H,39,45)/t29-,30-,31-,32+/m0/s1. The second-order valence-electron chi connectivity index (χ2n) is 15.6. The van der Waals surface area contributed by atoms with Gasteiger partial charge in [0, 0.05) is 26.2 Å². The van der Waals surface area contributed by atoms with Crippen LogP contribution in [0.2, 0.25) is 0 Å². The highest BCUT2D eigenvalue weighted by Gasteiger charge is 2.49. The molecule has 49 heavy (non-hydrogen) atoms. The van der Waals surface area contributed by atoms with E-state index in [1.165, 1.54) is 0 Å². The third kappa shape index (κ3) is 9.32. The van der Waals surface area contributed by atoms with Crippen LogP contribution >= 0.6 is 0 Å². The minimum atomic E-state index is -0.919. The van der Waals surface area contributed by atoms with Gasteiger partial charge in [-0.2, -0.15) is 0 Å². The molecule has 1 N–H and O–H groups in total. The van der Waals surface area contributed by atoms with Gasteiger partial charge in [0.05, 0.1) is 13.2 Å². The van der Waals surface area contributed by atoms with Gasteiger partial charge in [-0.3, -0.25) is 9.59 Å². The predicted molar refractivity (Wildman–Crippen MR) is 184 cm³/mol. The zero-order chi connectivity index (χ0) is 35.3. The van der Waals surface area contributed by atoms with E-state index >= 15 is 0 Å². The second kappa shape index (κ2) is 15.2. The quantitative estimate of drug-likeness (QED) is 0.398. The van der Waals surface area contributed by atoms with Crippen LogP contribution in [0.25, 0.3) is 0 Å². The molecule has 3 aliphatic rings. The molecule has 4 atom stereocenters. The molecule has 0 saturated carbocycles. The Morgan fingerprint density at radius 1 is 0.878 bits per heavy atom. The second-order valence-corrected chi connectivity index (χ2v) is 15.6. The van der Waals surface area contributed by atoms with Gasteiger partial charge < -0.3 is 34.2 Å². The molecule has 2 aromatic rings. The van der Waals surface area contributed by atoms with Crippen LogP contribution in [0.15, 0.2) is 60.7 Å². The van der Waals surface area contributed by atoms with Crippen LogP contribution in [0.1, 0.15) is 71.6 Å². The van der Waals surface area contributed by atoms with Gasteiger partial charge in [-0.05, 0) is 62.0 Å². The zero-order valence-electron chi connectivity index (χ0n) is 29.7. The molecule has 266 valence electrons. The fourth-order valence-corrected chi connectivity index (χ4v) is 6.91. The first-order valence-electron chi connectivity index (χ1n) is 17.4. The number of alkyl carbamates (subject to hydrolysis) is 1. The number of nitrogens with zero attached hydrogens (tertiary/aromatic N) is 3. The van der Waals surface area contributed by atoms with Gasteiger partial charge in [-0.1, -0.05) is 81.4 Å². The van der Waals surface area contributed by atoms with Crippen molar-refractivity contribution < 1.29 is 33.4 Å². The number of nitrogens with one attached hydrogen (secondary N) is 1. The normalized spacial score (nSPS) is 22.2. The van der Waals surface area contributed by atoms with Crippen molar-refractivity contribution >= 4 is 24.0 Å². The number of carbonyl (C=O) groups excluding carboxylic acids is 4. The molecule has 4 amide bonds. The summed E-state index contributed by atoms with van der Waals surface area (Å²) in [5.41, 5.74) is 0.602. The van der Waals surface area contributed by atoms with E-state index in [-0.39, 0.29) is 42.5 Å². The first kappa shape index (κ1) is 36.2. The smallest absolute Gasteiger partial charge is 0.410 e. The summed E-state index contributed by atoms with van der Waals surface area (Å²) in [5.74, 6) is -0.329. The van der Waals surface area contributed by atoms with Crippen LogP contribution in [0.5, 0.6) is 0 Å². The van der Waals surface area contributed by atoms with Crippen molar-refractivity contribution in [2.24, 2.45) is 17.3 Å². The summed E-state index contributed by atoms with van der Waals surface area (Å²) in [6.07, 6.45) is 0.0515. The van der Waals surface area contributed by atoms with Crippen molar-refractivity contribution in [1.82, 2.24) is 20.0 Å². The lowest BCUT2D eigenvalue weighted by atomic mass is 9.83. The molecule has 0 bridgehead atoms. The number of carbonyl (C=O) groups is 4. The highest BCUT2D eigenvalue weighted by molar-refractivity contribution is 5.92. The molecule has 5 rings (SSSR count). The number of hydrogen-bond acceptors (Lipinski definition) is 7. The van der Waals surface area contributed by atoms with Crippen molar-refractivity contribution in [2.75, 3.05) is 39.3 Å². The van der Waals surface area contributed by atoms with Crippen LogP contribution in [0.3, 0.4) is 0 Å². The molecule has 11 nitrogen and oxygen atoms in total. The summed E-state index contributed by atoms with van der Waals surface area (Å²) < 4.78 is 17.1. The summed E-state index contributed by atoms with van der Waals surface area (Å²) in [6.45, 7) is 14.0. The highest BCUT2D eigenvalue weighted by atomic mass is 16.6. The molecule has 3 fully saturated rings. The van der Waals surface area contributed by atoms with Crippen molar-refractivity contribution in [1.29, 1.82) is 0 Å². The first-order chi connectivity index (χ1) is 23.2. The molecule has 3 saturated heterocycles. The SMILES string of the molecule is CC(C)(C)OC(=O)N1CC(C[C@@H]2CCN(C(=O)[C@@H](NC(=O)OCc3ccccc3)C(C)(C)C)[C@@H]2C(=O)N2CCO[C@H](c3ccccc3)C2)C1. The van der Waals surface area contributed by atoms with Gasteiger partial charge in [0.2, 0.25) is 11.8 Å². The monoisotopic (exact) mass is 676 g/mol. The molecule has 0 aliphatic carbocycles. The van der Waals surface area contributed by atoms with Gasteiger partial charge in [0.1, 0.15) is 30.4 Å². The van der Waals surface area contributed by atoms with Crippen LogP contribution in [-0.2, 0) is 30.4 Å². The molecule has 0 radical (unpaired) electrons. The minimum absolute atomic E-state index is 0.0753. The molecular formula is C38H52N4O7. The van der Waals surface area contributed by atoms with Crippen LogP contribution in [0.4, 0.5) is 9.59 Å². The Morgan fingerprint density at radius 2 is 1.53 bits per heavy atom. The lowest BCUT2D eigenvalue weighted by Gasteiger charge is -2.43. The summed E-state index contributed by atoms with van der Waals surface area (Å²) in [5, 5.41) is 2.83. The van der Waals surface area contributed by atoms with Crippen molar-refractivity contribution in [3.63, 3.8) is 0 Å². The third-order valence-corrected chi connectivity index (χ3v) is 9.44. The molecule has 0 aromatic heterocycles. The van der Waals surface area contributed by atoms with E-state index < -0.39 is 29.2 Å². The number of morpholine rings is 1. The van der Waals surface area contributed by atoms with E-state index in [0.29, 0.717) is 52.2 Å². The van der Waals surface area contributed by atoms with Crippen molar-refractivity contribution in [2.45, 2.75) is 84.8 Å². The Bertz CT molecular complexity index is 1450. The van der Waals surface area contributed by atoms with Gasteiger partial charge in [0.15, 0.2) is 0 Å². The third-order valence-electron chi connectivity index (χ3n) is 9.44. The maximum absolute atomic E-state index is 14.6. The Morgan fingerprint density at radius 3 is 2.16 bits per heavy atom. The number of ether oxygens (including phenoxy) is 3. The van der Waals surface area contributed by atoms with Gasteiger partial charge in [0.25, 0.3) is 0 Å². The highest BCUT2D eigenvalue weighted by Crippen LogP contribution is 2.37. The van der Waals surface area contributed by atoms with E-state index in [9.17, 15) is 19.2 Å². The topological polar surface area (TPSA) is 118 Å². The van der Waals surface area contributed by atoms with Crippen LogP contribution in [-0.4, -0.2) is 95.7 Å². The number of amides is 4. The Hall–Kier alpha value is -4.12. The fraction of sp³-hybridized carbons (Fsp3) is 0.579. The maximum atomic E-state index is 14.6. The van der Waals surface area contributed by atoms with Crippen molar-refractivity contribution in [3.05, 3.63) is 71.8 Å². The van der Waals surface area contributed by atoms with E-state index in [0.717, 1.165) is 11.1 Å². The molecule has 0 spiro atoms. The van der Waals surface area contributed by atoms with Crippen LogP contribution < -0.4 is 5.32 Å². The van der Waals surface area contributed by atoms with Crippen molar-refractivity contribution in [3.8, 4) is 0 Å². The molecule has 2 aromatic carbocycles. The van der Waals surface area contributed by atoms with Crippen LogP contribution in [0, 0.1) is 17.3 Å². The van der Waals surface area contributed by atoms with E-state index in [1.807, 2.05) is 107 Å². The molecule has 11 heteroatoms. The number of likely N-dealkylation sites (tertiary alicyclic amines) is 2. The van der Waals surface area contributed by atoms with E-state index in [4.69, 9.17) is 14.2 Å². The molecule has 0 unspecified atom stereocenters. The minimum Gasteiger partial charge on any atom is -0.445 e. The lowest BCUT2D eigenvalue weighted by molar-refractivity contribution is -0.152. The molecule has 3 heterocycles. The molecule has 3 aliphatic heterocycles. The van der Waals surface area contributed by atoms with E-state index in [2.05, 4.69) is 5.32 Å². The number of hydrogen-bond donors (Lipinski definition) is 1. The van der Waals surface area contributed by atoms with Gasteiger partial charge >= 0.3 is 12.2 Å². The van der Waals surface area contributed by atoms with Gasteiger partial charge in [-0.25, -0.2) is 9.59 Å². The summed E-state index contributed by atoms with van der Waals surface area (Å²) in [4.78, 5) is 59.8. The lowest BCUT2D eigenvalue weighted by Crippen LogP contribution is -2.60. The number of benzene rings is 2. The zero-order valence-corrected chi connectivity index (χ0v) is 29.7. The predicted octanol–water partition coefficient (Wildman–Crippen LogP) is 5.40.